The van der Waals surface area contributed by atoms with Gasteiger partial charge in [0.25, 0.3) is 11.8 Å². The van der Waals surface area contributed by atoms with Gasteiger partial charge in [0, 0.05) is 44.0 Å². The maximum atomic E-state index is 12.9. The first-order chi connectivity index (χ1) is 13.1. The van der Waals surface area contributed by atoms with Gasteiger partial charge in [-0.25, -0.2) is 4.79 Å². The maximum absolute atomic E-state index is 12.9. The third-order valence-corrected chi connectivity index (χ3v) is 4.79. The molecule has 1 fully saturated rings. The number of hydrogen-bond acceptors (Lipinski definition) is 4. The van der Waals surface area contributed by atoms with E-state index >= 15 is 0 Å². The fourth-order valence-electron chi connectivity index (χ4n) is 3.34. The average molecular weight is 365 g/mol. The van der Waals surface area contributed by atoms with Crippen molar-refractivity contribution in [3.8, 4) is 0 Å². The van der Waals surface area contributed by atoms with Gasteiger partial charge in [0.1, 0.15) is 11.1 Å². The summed E-state index contributed by atoms with van der Waals surface area (Å²) in [5.74, 6) is -0.416. The first kappa shape index (κ1) is 17.1. The van der Waals surface area contributed by atoms with E-state index in [1.54, 1.807) is 52.5 Å². The zero-order valence-electron chi connectivity index (χ0n) is 14.7. The molecular formula is C20H19N3O4. The molecule has 0 spiro atoms. The summed E-state index contributed by atoms with van der Waals surface area (Å²) in [6.07, 6.45) is 4.02. The normalized spacial score (nSPS) is 15.0. The second-order valence-corrected chi connectivity index (χ2v) is 6.52. The van der Waals surface area contributed by atoms with E-state index in [0.29, 0.717) is 49.1 Å². The summed E-state index contributed by atoms with van der Waals surface area (Å²) in [5.41, 5.74) is 0.449. The van der Waals surface area contributed by atoms with Gasteiger partial charge in [-0.15, -0.1) is 0 Å². The molecule has 1 N–H and O–H groups in total. The Kier molecular flexibility index (Phi) is 4.50. The van der Waals surface area contributed by atoms with E-state index < -0.39 is 5.63 Å². The van der Waals surface area contributed by atoms with Gasteiger partial charge in [0.05, 0.1) is 5.56 Å². The second kappa shape index (κ2) is 7.11. The van der Waals surface area contributed by atoms with Gasteiger partial charge >= 0.3 is 5.63 Å². The fourth-order valence-corrected chi connectivity index (χ4v) is 3.34. The molecule has 1 aliphatic rings. The van der Waals surface area contributed by atoms with Crippen molar-refractivity contribution in [1.82, 2.24) is 14.8 Å². The zero-order valence-corrected chi connectivity index (χ0v) is 14.7. The van der Waals surface area contributed by atoms with Gasteiger partial charge in [-0.2, -0.15) is 0 Å². The van der Waals surface area contributed by atoms with E-state index in [2.05, 4.69) is 4.98 Å². The minimum atomic E-state index is -0.636. The number of amides is 2. The van der Waals surface area contributed by atoms with Gasteiger partial charge in [0.2, 0.25) is 0 Å². The Bertz CT molecular complexity index is 1040. The predicted octanol–water partition coefficient (Wildman–Crippen LogP) is 2.11. The molecule has 0 bridgehead atoms. The second-order valence-electron chi connectivity index (χ2n) is 6.52. The summed E-state index contributed by atoms with van der Waals surface area (Å²) < 4.78 is 5.27. The van der Waals surface area contributed by atoms with Crippen LogP contribution in [0.25, 0.3) is 11.0 Å². The molecule has 3 aromatic rings. The van der Waals surface area contributed by atoms with Crippen molar-refractivity contribution in [3.63, 3.8) is 0 Å². The molecule has 1 aromatic carbocycles. The Balaban J connectivity index is 1.52. The lowest BCUT2D eigenvalue weighted by Crippen LogP contribution is -2.38. The van der Waals surface area contributed by atoms with Crippen molar-refractivity contribution in [2.75, 3.05) is 26.2 Å². The quantitative estimate of drug-likeness (QED) is 0.705. The summed E-state index contributed by atoms with van der Waals surface area (Å²) in [4.78, 5) is 43.9. The number of carbonyl (C=O) groups is 2. The number of benzene rings is 1. The van der Waals surface area contributed by atoms with E-state index in [4.69, 9.17) is 4.42 Å². The molecule has 3 heterocycles. The number of nitrogens with one attached hydrogen (secondary N) is 1. The molecular weight excluding hydrogens is 346 g/mol. The van der Waals surface area contributed by atoms with E-state index in [-0.39, 0.29) is 17.4 Å². The molecule has 1 aliphatic heterocycles. The molecule has 0 aliphatic carbocycles. The van der Waals surface area contributed by atoms with E-state index in [1.165, 1.54) is 0 Å². The van der Waals surface area contributed by atoms with Crippen molar-refractivity contribution < 1.29 is 14.0 Å². The molecule has 27 heavy (non-hydrogen) atoms. The fraction of sp³-hybridized carbons (Fsp3) is 0.250. The Morgan fingerprint density at radius 1 is 0.963 bits per heavy atom. The van der Waals surface area contributed by atoms with Crippen molar-refractivity contribution in [2.45, 2.75) is 6.42 Å². The minimum Gasteiger partial charge on any atom is -0.422 e. The SMILES string of the molecule is O=C(c1cc[nH]c1)N1CCCN(C(=O)c2cc3ccccc3oc2=O)CC1. The lowest BCUT2D eigenvalue weighted by atomic mass is 10.1. The number of para-hydroxylation sites is 1. The van der Waals surface area contributed by atoms with Crippen LogP contribution < -0.4 is 5.63 Å². The van der Waals surface area contributed by atoms with E-state index in [0.717, 1.165) is 0 Å². The van der Waals surface area contributed by atoms with Crippen LogP contribution in [0.3, 0.4) is 0 Å². The largest absolute Gasteiger partial charge is 0.422 e. The third-order valence-electron chi connectivity index (χ3n) is 4.79. The predicted molar refractivity (Wildman–Crippen MR) is 99.7 cm³/mol. The van der Waals surface area contributed by atoms with Crippen LogP contribution in [0.1, 0.15) is 27.1 Å². The van der Waals surface area contributed by atoms with Gasteiger partial charge in [-0.3, -0.25) is 9.59 Å². The van der Waals surface area contributed by atoms with Gasteiger partial charge in [0.15, 0.2) is 0 Å². The van der Waals surface area contributed by atoms with Crippen molar-refractivity contribution in [3.05, 3.63) is 70.3 Å². The molecule has 0 saturated carbocycles. The molecule has 0 radical (unpaired) electrons. The summed E-state index contributed by atoms with van der Waals surface area (Å²) in [7, 11) is 0. The van der Waals surface area contributed by atoms with Crippen LogP contribution in [-0.2, 0) is 0 Å². The van der Waals surface area contributed by atoms with E-state index in [1.807, 2.05) is 6.07 Å². The Labute approximate surface area is 155 Å². The molecule has 4 rings (SSSR count). The number of H-pyrrole nitrogens is 1. The number of nitrogens with zero attached hydrogens (tertiary/aromatic N) is 2. The van der Waals surface area contributed by atoms with Crippen LogP contribution in [0.15, 0.2) is 58.0 Å². The highest BCUT2D eigenvalue weighted by Gasteiger charge is 2.25. The summed E-state index contributed by atoms with van der Waals surface area (Å²) in [6, 6.07) is 10.4. The van der Waals surface area contributed by atoms with E-state index in [9.17, 15) is 14.4 Å². The smallest absolute Gasteiger partial charge is 0.349 e. The standard InChI is InChI=1S/C20H19N3O4/c24-18(15-6-7-21-13-15)22-8-3-9-23(11-10-22)19(25)16-12-14-4-1-2-5-17(14)27-20(16)26/h1-2,4-7,12-13,21H,3,8-11H2. The van der Waals surface area contributed by atoms with Gasteiger partial charge in [-0.1, -0.05) is 18.2 Å². The van der Waals surface area contributed by atoms with Crippen LogP contribution >= 0.6 is 0 Å². The lowest BCUT2D eigenvalue weighted by Gasteiger charge is -2.21. The third kappa shape index (κ3) is 3.36. The molecule has 2 amide bonds. The maximum Gasteiger partial charge on any atom is 0.349 e. The molecule has 2 aromatic heterocycles. The van der Waals surface area contributed by atoms with Crippen LogP contribution in [0.5, 0.6) is 0 Å². The Morgan fingerprint density at radius 3 is 2.44 bits per heavy atom. The molecule has 1 saturated heterocycles. The summed E-state index contributed by atoms with van der Waals surface area (Å²) in [6.45, 7) is 1.86. The van der Waals surface area contributed by atoms with Crippen molar-refractivity contribution in [1.29, 1.82) is 0 Å². The van der Waals surface area contributed by atoms with Gasteiger partial charge < -0.3 is 19.2 Å². The van der Waals surface area contributed by atoms with Crippen LogP contribution in [-0.4, -0.2) is 52.8 Å². The highest BCUT2D eigenvalue weighted by Crippen LogP contribution is 2.15. The average Bonchev–Trinajstić information content (AvgIpc) is 3.11. The first-order valence-electron chi connectivity index (χ1n) is 8.88. The number of rotatable bonds is 2. The highest BCUT2D eigenvalue weighted by atomic mass is 16.4. The Hall–Kier alpha value is -3.35. The topological polar surface area (TPSA) is 86.6 Å². The number of fused-ring (bicyclic) bond motifs is 1. The zero-order chi connectivity index (χ0) is 18.8. The molecule has 0 unspecified atom stereocenters. The Morgan fingerprint density at radius 2 is 1.70 bits per heavy atom. The minimum absolute atomic E-state index is 0.0270. The summed E-state index contributed by atoms with van der Waals surface area (Å²) in [5, 5.41) is 0.708. The molecule has 7 heteroatoms. The number of aromatic nitrogens is 1. The lowest BCUT2D eigenvalue weighted by molar-refractivity contribution is 0.0716. The van der Waals surface area contributed by atoms with Crippen LogP contribution in [0, 0.1) is 0 Å². The number of aromatic amines is 1. The van der Waals surface area contributed by atoms with Crippen LogP contribution in [0.4, 0.5) is 0 Å². The van der Waals surface area contributed by atoms with Gasteiger partial charge in [-0.05, 0) is 24.6 Å². The number of carbonyl (C=O) groups excluding carboxylic acids is 2. The first-order valence-corrected chi connectivity index (χ1v) is 8.88. The van der Waals surface area contributed by atoms with Crippen molar-refractivity contribution in [2.24, 2.45) is 0 Å². The monoisotopic (exact) mass is 365 g/mol. The van der Waals surface area contributed by atoms with Crippen molar-refractivity contribution >= 4 is 22.8 Å². The molecule has 0 atom stereocenters. The van der Waals surface area contributed by atoms with Crippen LogP contribution in [0.2, 0.25) is 0 Å². The molecule has 138 valence electrons. The molecule has 7 nitrogen and oxygen atoms in total. The summed E-state index contributed by atoms with van der Waals surface area (Å²) >= 11 is 0. The number of hydrogen-bond donors (Lipinski definition) is 1. The highest BCUT2D eigenvalue weighted by molar-refractivity contribution is 5.97.